The summed E-state index contributed by atoms with van der Waals surface area (Å²) in [6.45, 7) is 0.439. The van der Waals surface area contributed by atoms with E-state index in [0.717, 1.165) is 5.56 Å². The lowest BCUT2D eigenvalue weighted by atomic mass is 10.2. The number of para-hydroxylation sites is 1. The average molecular weight is 161 g/mol. The highest BCUT2D eigenvalue weighted by atomic mass is 16.5. The minimum Gasteiger partial charge on any atom is -0.398 e. The zero-order chi connectivity index (χ0) is 8.81. The Morgan fingerprint density at radius 1 is 1.42 bits per heavy atom. The van der Waals surface area contributed by atoms with Crippen LogP contribution >= 0.6 is 0 Å². The second-order valence-electron chi connectivity index (χ2n) is 2.32. The van der Waals surface area contributed by atoms with E-state index in [2.05, 4.69) is 11.8 Å². The topological polar surface area (TPSA) is 35.2 Å². The van der Waals surface area contributed by atoms with Crippen LogP contribution in [0, 0.1) is 11.8 Å². The zero-order valence-corrected chi connectivity index (χ0v) is 7.00. The van der Waals surface area contributed by atoms with Gasteiger partial charge in [0.15, 0.2) is 0 Å². The van der Waals surface area contributed by atoms with Crippen LogP contribution in [-0.4, -0.2) is 13.7 Å². The second kappa shape index (κ2) is 4.42. The molecule has 0 spiro atoms. The molecule has 1 aromatic carbocycles. The molecule has 0 aromatic heterocycles. The number of hydrogen-bond donors (Lipinski definition) is 1. The van der Waals surface area contributed by atoms with Crippen LogP contribution in [0.4, 0.5) is 5.69 Å². The average Bonchev–Trinajstić information content (AvgIpc) is 2.09. The molecule has 0 bridgehead atoms. The maximum atomic E-state index is 5.66. The smallest absolute Gasteiger partial charge is 0.107 e. The molecule has 2 heteroatoms. The SMILES string of the molecule is COCC#Cc1ccccc1N. The molecule has 2 nitrogen and oxygen atoms in total. The van der Waals surface area contributed by atoms with Crippen LogP contribution < -0.4 is 5.73 Å². The van der Waals surface area contributed by atoms with Gasteiger partial charge >= 0.3 is 0 Å². The first-order valence-corrected chi connectivity index (χ1v) is 3.67. The van der Waals surface area contributed by atoms with Gasteiger partial charge in [0.1, 0.15) is 6.61 Å². The van der Waals surface area contributed by atoms with Gasteiger partial charge in [-0.1, -0.05) is 24.0 Å². The van der Waals surface area contributed by atoms with Gasteiger partial charge in [-0.2, -0.15) is 0 Å². The fourth-order valence-electron chi connectivity index (χ4n) is 0.814. The monoisotopic (exact) mass is 161 g/mol. The van der Waals surface area contributed by atoms with Crippen molar-refractivity contribution in [2.24, 2.45) is 0 Å². The van der Waals surface area contributed by atoms with Crippen LogP contribution in [0.2, 0.25) is 0 Å². The van der Waals surface area contributed by atoms with E-state index in [1.807, 2.05) is 24.3 Å². The third-order valence-electron chi connectivity index (χ3n) is 1.40. The fourth-order valence-corrected chi connectivity index (χ4v) is 0.814. The van der Waals surface area contributed by atoms with Crippen molar-refractivity contribution in [1.82, 2.24) is 0 Å². The number of anilines is 1. The molecule has 0 heterocycles. The fraction of sp³-hybridized carbons (Fsp3) is 0.200. The molecule has 0 atom stereocenters. The summed E-state index contributed by atoms with van der Waals surface area (Å²) in [6.07, 6.45) is 0. The molecule has 0 amide bonds. The Balaban J connectivity index is 2.77. The number of rotatable bonds is 1. The van der Waals surface area contributed by atoms with Crippen molar-refractivity contribution in [2.75, 3.05) is 19.5 Å². The van der Waals surface area contributed by atoms with E-state index in [4.69, 9.17) is 10.5 Å². The molecule has 12 heavy (non-hydrogen) atoms. The number of hydrogen-bond acceptors (Lipinski definition) is 2. The van der Waals surface area contributed by atoms with E-state index < -0.39 is 0 Å². The third-order valence-corrected chi connectivity index (χ3v) is 1.40. The van der Waals surface area contributed by atoms with Crippen LogP contribution in [0.5, 0.6) is 0 Å². The highest BCUT2D eigenvalue weighted by Gasteiger charge is 1.89. The molecule has 0 unspecified atom stereocenters. The van der Waals surface area contributed by atoms with Crippen molar-refractivity contribution in [3.63, 3.8) is 0 Å². The summed E-state index contributed by atoms with van der Waals surface area (Å²) in [5.41, 5.74) is 7.22. The third kappa shape index (κ3) is 2.30. The van der Waals surface area contributed by atoms with Crippen molar-refractivity contribution in [1.29, 1.82) is 0 Å². The van der Waals surface area contributed by atoms with Crippen LogP contribution in [0.25, 0.3) is 0 Å². The molecule has 62 valence electrons. The minimum absolute atomic E-state index is 0.439. The normalized spacial score (nSPS) is 8.75. The standard InChI is InChI=1S/C10H11NO/c1-12-8-4-6-9-5-2-3-7-10(9)11/h2-3,5,7H,8,11H2,1H3. The number of nitrogen functional groups attached to an aromatic ring is 1. The van der Waals surface area contributed by atoms with Gasteiger partial charge < -0.3 is 10.5 Å². The molecule has 0 saturated heterocycles. The Hall–Kier alpha value is -1.46. The molecule has 0 fully saturated rings. The van der Waals surface area contributed by atoms with E-state index in [0.29, 0.717) is 12.3 Å². The van der Waals surface area contributed by atoms with Gasteiger partial charge in [0.05, 0.1) is 0 Å². The Bertz CT molecular complexity index is 309. The van der Waals surface area contributed by atoms with Crippen molar-refractivity contribution < 1.29 is 4.74 Å². The highest BCUT2D eigenvalue weighted by molar-refractivity contribution is 5.55. The number of ether oxygens (including phenoxy) is 1. The first kappa shape index (κ1) is 8.63. The van der Waals surface area contributed by atoms with Crippen molar-refractivity contribution in [2.45, 2.75) is 0 Å². The van der Waals surface area contributed by atoms with Gasteiger partial charge in [0.2, 0.25) is 0 Å². The van der Waals surface area contributed by atoms with E-state index >= 15 is 0 Å². The molecule has 1 rings (SSSR count). The molecule has 1 aromatic rings. The molecular formula is C10H11NO. The Morgan fingerprint density at radius 2 is 2.17 bits per heavy atom. The van der Waals surface area contributed by atoms with E-state index in [9.17, 15) is 0 Å². The summed E-state index contributed by atoms with van der Waals surface area (Å²) in [7, 11) is 1.61. The predicted molar refractivity (Wildman–Crippen MR) is 49.6 cm³/mol. The minimum atomic E-state index is 0.439. The molecule has 2 N–H and O–H groups in total. The Labute approximate surface area is 72.3 Å². The van der Waals surface area contributed by atoms with Crippen LogP contribution in [0.15, 0.2) is 24.3 Å². The summed E-state index contributed by atoms with van der Waals surface area (Å²) in [6, 6.07) is 7.51. The number of benzene rings is 1. The van der Waals surface area contributed by atoms with Gasteiger partial charge in [-0.15, -0.1) is 0 Å². The van der Waals surface area contributed by atoms with Gasteiger partial charge in [-0.05, 0) is 12.1 Å². The maximum absolute atomic E-state index is 5.66. The molecular weight excluding hydrogens is 150 g/mol. The number of methoxy groups -OCH3 is 1. The molecule has 0 aliphatic carbocycles. The molecule has 0 aliphatic rings. The Kier molecular flexibility index (Phi) is 3.18. The van der Waals surface area contributed by atoms with Crippen molar-refractivity contribution in [3.05, 3.63) is 29.8 Å². The van der Waals surface area contributed by atoms with Crippen LogP contribution in [0.3, 0.4) is 0 Å². The summed E-state index contributed by atoms with van der Waals surface area (Å²) in [4.78, 5) is 0. The van der Waals surface area contributed by atoms with Crippen LogP contribution in [-0.2, 0) is 4.74 Å². The summed E-state index contributed by atoms with van der Waals surface area (Å²) in [5, 5.41) is 0. The lowest BCUT2D eigenvalue weighted by Gasteiger charge is -1.94. The van der Waals surface area contributed by atoms with Crippen LogP contribution in [0.1, 0.15) is 5.56 Å². The van der Waals surface area contributed by atoms with Crippen molar-refractivity contribution >= 4 is 5.69 Å². The lowest BCUT2D eigenvalue weighted by molar-refractivity contribution is 0.240. The van der Waals surface area contributed by atoms with E-state index in [1.165, 1.54) is 0 Å². The van der Waals surface area contributed by atoms with Gasteiger partial charge in [-0.3, -0.25) is 0 Å². The first-order chi connectivity index (χ1) is 5.84. The largest absolute Gasteiger partial charge is 0.398 e. The quantitative estimate of drug-likeness (QED) is 0.497. The second-order valence-corrected chi connectivity index (χ2v) is 2.32. The van der Waals surface area contributed by atoms with Gasteiger partial charge in [-0.25, -0.2) is 0 Å². The van der Waals surface area contributed by atoms with Gasteiger partial charge in [0, 0.05) is 18.4 Å². The van der Waals surface area contributed by atoms with Gasteiger partial charge in [0.25, 0.3) is 0 Å². The number of nitrogens with two attached hydrogens (primary N) is 1. The highest BCUT2D eigenvalue weighted by Crippen LogP contribution is 2.07. The van der Waals surface area contributed by atoms with E-state index in [1.54, 1.807) is 7.11 Å². The molecule has 0 radical (unpaired) electrons. The zero-order valence-electron chi connectivity index (χ0n) is 7.00. The first-order valence-electron chi connectivity index (χ1n) is 3.67. The van der Waals surface area contributed by atoms with E-state index in [-0.39, 0.29) is 0 Å². The maximum Gasteiger partial charge on any atom is 0.107 e. The molecule has 0 saturated carbocycles. The Morgan fingerprint density at radius 3 is 2.83 bits per heavy atom. The summed E-state index contributed by atoms with van der Waals surface area (Å²) >= 11 is 0. The van der Waals surface area contributed by atoms with Crippen molar-refractivity contribution in [3.8, 4) is 11.8 Å². The lowest BCUT2D eigenvalue weighted by Crippen LogP contribution is -1.89. The summed E-state index contributed by atoms with van der Waals surface area (Å²) < 4.78 is 4.79. The molecule has 0 aliphatic heterocycles. The summed E-state index contributed by atoms with van der Waals surface area (Å²) in [5.74, 6) is 5.75. The predicted octanol–water partition coefficient (Wildman–Crippen LogP) is 1.27.